The number of aryl methyl sites for hydroxylation is 1. The Kier molecular flexibility index (Phi) is 12.5. The molecule has 0 fully saturated rings. The van der Waals surface area contributed by atoms with E-state index >= 15 is 0 Å². The van der Waals surface area contributed by atoms with Gasteiger partial charge in [-0.1, -0.05) is 292 Å². The lowest BCUT2D eigenvalue weighted by Crippen LogP contribution is -2.30. The summed E-state index contributed by atoms with van der Waals surface area (Å²) in [5.74, 6) is 0. The fourth-order valence-electron chi connectivity index (χ4n) is 15.5. The maximum atomic E-state index is 2.63. The van der Waals surface area contributed by atoms with Gasteiger partial charge in [0, 0.05) is 0 Å². The molecule has 4 aliphatic rings. The van der Waals surface area contributed by atoms with Gasteiger partial charge in [0.1, 0.15) is 0 Å². The van der Waals surface area contributed by atoms with Crippen LogP contribution in [0.1, 0.15) is 209 Å². The van der Waals surface area contributed by atoms with Gasteiger partial charge in [0.05, 0.1) is 0 Å². The van der Waals surface area contributed by atoms with E-state index in [2.05, 4.69) is 299 Å². The maximum absolute atomic E-state index is 2.63. The molecule has 0 saturated heterocycles. The van der Waals surface area contributed by atoms with Gasteiger partial charge in [-0.15, -0.1) is 0 Å². The molecule has 10 aromatic rings. The Balaban J connectivity index is 1.30. The van der Waals surface area contributed by atoms with E-state index < -0.39 is 0 Å². The fourth-order valence-corrected chi connectivity index (χ4v) is 15.5. The highest BCUT2D eigenvalue weighted by Gasteiger charge is 2.41. The number of benzene rings is 10. The predicted molar refractivity (Wildman–Crippen MR) is 377 cm³/mol. The lowest BCUT2D eigenvalue weighted by atomic mass is 9.66. The molecule has 10 aromatic carbocycles. The van der Waals surface area contributed by atoms with Crippen LogP contribution in [0.15, 0.2) is 140 Å². The SMILES string of the molecule is Cc1cccc2c3c4c(c(-c5cc(C(C)(C)C)cc(C(C)(C)C)c5)c12)-c1ccc2c5c(ccc-4c15)-c1c-2c(-c2cc(C(C)(C)C)cc(C(C)(C)C)c2)c2ccccc2c1-c1cc(C(C)(C)C)cc(c1)C(C)(C)CC(C)(C)c1cc-3cc(C(C)(C)C)c1. The molecular weight excluding hydrogens is 1030 g/mol. The summed E-state index contributed by atoms with van der Waals surface area (Å²) >= 11 is 0. The second kappa shape index (κ2) is 18.5. The molecule has 10 bridgehead atoms. The predicted octanol–water partition coefficient (Wildman–Crippen LogP) is 25.2. The summed E-state index contributed by atoms with van der Waals surface area (Å²) in [6, 6.07) is 57.7. The molecule has 0 nitrogen and oxygen atoms in total. The Morgan fingerprint density at radius 2 is 0.547 bits per heavy atom. The molecule has 0 heterocycles. The Morgan fingerprint density at radius 1 is 0.267 bits per heavy atom. The first-order chi connectivity index (χ1) is 39.8. The van der Waals surface area contributed by atoms with Crippen molar-refractivity contribution < 1.29 is 0 Å². The van der Waals surface area contributed by atoms with E-state index in [-0.39, 0.29) is 43.3 Å². The summed E-state index contributed by atoms with van der Waals surface area (Å²) in [4.78, 5) is 0. The van der Waals surface area contributed by atoms with Gasteiger partial charge >= 0.3 is 0 Å². The van der Waals surface area contributed by atoms with Crippen molar-refractivity contribution in [1.29, 1.82) is 0 Å². The number of rotatable bonds is 2. The molecule has 14 rings (SSSR count). The van der Waals surface area contributed by atoms with Crippen molar-refractivity contribution >= 4 is 32.3 Å². The first kappa shape index (κ1) is 58.0. The Bertz CT molecular complexity index is 4500. The second-order valence-corrected chi connectivity index (χ2v) is 34.3. The van der Waals surface area contributed by atoms with Crippen molar-refractivity contribution in [3.05, 3.63) is 190 Å². The fraction of sp³-hybridized carbons (Fsp3) is 0.372. The summed E-state index contributed by atoms with van der Waals surface area (Å²) in [5, 5.41) is 8.05. The molecule has 0 heteroatoms. The van der Waals surface area contributed by atoms with E-state index in [9.17, 15) is 0 Å². The third-order valence-electron chi connectivity index (χ3n) is 20.5. The molecule has 0 aliphatic heterocycles. The molecule has 0 radical (unpaired) electrons. The minimum absolute atomic E-state index is 0.0650. The lowest BCUT2D eigenvalue weighted by molar-refractivity contribution is 0.348. The zero-order valence-electron chi connectivity index (χ0n) is 56.5. The van der Waals surface area contributed by atoms with Crippen LogP contribution in [0.2, 0.25) is 0 Å². The molecule has 86 heavy (non-hydrogen) atoms. The van der Waals surface area contributed by atoms with Gasteiger partial charge in [-0.3, -0.25) is 0 Å². The number of hydrogen-bond acceptors (Lipinski definition) is 0. The van der Waals surface area contributed by atoms with Crippen LogP contribution >= 0.6 is 0 Å². The van der Waals surface area contributed by atoms with Crippen molar-refractivity contribution in [3.8, 4) is 89.0 Å². The summed E-state index contributed by atoms with van der Waals surface area (Å²) < 4.78 is 0. The van der Waals surface area contributed by atoms with E-state index in [1.165, 1.54) is 171 Å². The van der Waals surface area contributed by atoms with Gasteiger partial charge in [-0.25, -0.2) is 0 Å². The van der Waals surface area contributed by atoms with Crippen molar-refractivity contribution in [3.63, 3.8) is 0 Å². The van der Waals surface area contributed by atoms with Crippen LogP contribution < -0.4 is 0 Å². The molecule has 0 amide bonds. The normalized spacial score (nSPS) is 15.3. The van der Waals surface area contributed by atoms with E-state index in [1.807, 2.05) is 0 Å². The van der Waals surface area contributed by atoms with Gasteiger partial charge in [0.15, 0.2) is 0 Å². The highest BCUT2D eigenvalue weighted by molar-refractivity contribution is 6.35. The molecule has 0 aromatic heterocycles. The highest BCUT2D eigenvalue weighted by atomic mass is 14.4. The zero-order chi connectivity index (χ0) is 61.9. The third-order valence-corrected chi connectivity index (χ3v) is 20.5. The highest BCUT2D eigenvalue weighted by Crippen LogP contribution is 2.65. The van der Waals surface area contributed by atoms with Crippen LogP contribution in [0.4, 0.5) is 0 Å². The van der Waals surface area contributed by atoms with Gasteiger partial charge in [0.2, 0.25) is 0 Å². The van der Waals surface area contributed by atoms with Gasteiger partial charge in [-0.2, -0.15) is 0 Å². The number of hydrogen-bond donors (Lipinski definition) is 0. The van der Waals surface area contributed by atoms with Crippen molar-refractivity contribution in [2.75, 3.05) is 0 Å². The topological polar surface area (TPSA) is 0 Å². The molecular formula is C86H94. The van der Waals surface area contributed by atoms with E-state index in [0.29, 0.717) is 0 Å². The van der Waals surface area contributed by atoms with E-state index in [0.717, 1.165) is 6.42 Å². The van der Waals surface area contributed by atoms with E-state index in [1.54, 1.807) is 0 Å². The van der Waals surface area contributed by atoms with Crippen molar-refractivity contribution in [2.45, 2.75) is 209 Å². The Morgan fingerprint density at radius 3 is 0.884 bits per heavy atom. The quantitative estimate of drug-likeness (QED) is 0.162. The van der Waals surface area contributed by atoms with Crippen LogP contribution in [-0.2, 0) is 43.3 Å². The van der Waals surface area contributed by atoms with Crippen LogP contribution in [0.25, 0.3) is 121 Å². The molecule has 0 saturated carbocycles. The minimum Gasteiger partial charge on any atom is -0.0616 e. The van der Waals surface area contributed by atoms with Crippen LogP contribution in [-0.4, -0.2) is 0 Å². The van der Waals surface area contributed by atoms with Crippen LogP contribution in [0.5, 0.6) is 0 Å². The zero-order valence-corrected chi connectivity index (χ0v) is 56.5. The average molecular weight is 1130 g/mol. The van der Waals surface area contributed by atoms with E-state index in [4.69, 9.17) is 0 Å². The standard InChI is InChI=1S/C86H94/c1-48-27-26-30-63-68(48)72(52-39-55(81(8,9)10)44-56(40-52)82(11,12)13)78-67-34-33-65-73-64-31-32-66(74(67)73)77(78)71(63)51-38-58(84(17,18)19)46-60(42-51)86(22,23)47-85(20,21)59-41-50(37-57(45-59)83(14,15)16)70-62-29-25-24-28-61(62)69(75(65)76(64)70)49-35-53(79(2,3)4)43-54(36-49)80(5,6)7/h24-46H,47H2,1-23H3. The summed E-state index contributed by atoms with van der Waals surface area (Å²) in [5.41, 5.74) is 32.9. The maximum Gasteiger partial charge on any atom is -0.000730 e. The summed E-state index contributed by atoms with van der Waals surface area (Å²) in [7, 11) is 0. The molecule has 438 valence electrons. The molecule has 0 spiro atoms. The molecule has 0 unspecified atom stereocenters. The van der Waals surface area contributed by atoms with Gasteiger partial charge in [0.25, 0.3) is 0 Å². The van der Waals surface area contributed by atoms with Crippen molar-refractivity contribution in [2.24, 2.45) is 0 Å². The number of fused-ring (bicyclic) bond motifs is 7. The average Bonchev–Trinajstić information content (AvgIpc) is 1.50. The molecule has 0 N–H and O–H groups in total. The lowest BCUT2D eigenvalue weighted by Gasteiger charge is -2.38. The third kappa shape index (κ3) is 9.02. The largest absolute Gasteiger partial charge is 0.0616 e. The first-order valence-electron chi connectivity index (χ1n) is 32.3. The minimum atomic E-state index is -0.213. The van der Waals surface area contributed by atoms with Crippen LogP contribution in [0.3, 0.4) is 0 Å². The van der Waals surface area contributed by atoms with Crippen molar-refractivity contribution in [1.82, 2.24) is 0 Å². The van der Waals surface area contributed by atoms with Crippen LogP contribution in [0, 0.1) is 6.92 Å². The van der Waals surface area contributed by atoms with Gasteiger partial charge < -0.3 is 0 Å². The molecule has 4 aliphatic carbocycles. The summed E-state index contributed by atoms with van der Waals surface area (Å²) in [6.45, 7) is 55.6. The first-order valence-corrected chi connectivity index (χ1v) is 32.3. The Hall–Kier alpha value is -7.02. The molecule has 0 atom stereocenters. The summed E-state index contributed by atoms with van der Waals surface area (Å²) in [6.07, 6.45) is 0.959. The monoisotopic (exact) mass is 1130 g/mol. The van der Waals surface area contributed by atoms with Gasteiger partial charge in [-0.05, 0) is 228 Å². The smallest absolute Gasteiger partial charge is 0.000730 e. The Labute approximate surface area is 516 Å². The second-order valence-electron chi connectivity index (χ2n) is 34.3.